The molecule has 0 unspecified atom stereocenters. The molecule has 6 nitrogen and oxygen atoms in total. The summed E-state index contributed by atoms with van der Waals surface area (Å²) >= 11 is 0. The molecule has 1 aromatic rings. The molecule has 6 heteroatoms. The maximum atomic E-state index is 13.5. The van der Waals surface area contributed by atoms with E-state index in [2.05, 4.69) is 34.3 Å². The van der Waals surface area contributed by atoms with Crippen LogP contribution in [0.15, 0.2) is 24.3 Å². The van der Waals surface area contributed by atoms with Crippen LogP contribution in [0.5, 0.6) is 0 Å². The lowest BCUT2D eigenvalue weighted by Crippen LogP contribution is -2.70. The van der Waals surface area contributed by atoms with E-state index in [-0.39, 0.29) is 23.2 Å². The number of hydrogen-bond acceptors (Lipinski definition) is 4. The highest BCUT2D eigenvalue weighted by Gasteiger charge is 2.60. The van der Waals surface area contributed by atoms with Crippen molar-refractivity contribution in [3.05, 3.63) is 29.8 Å². The van der Waals surface area contributed by atoms with E-state index in [1.807, 2.05) is 24.3 Å². The van der Waals surface area contributed by atoms with Crippen molar-refractivity contribution in [2.75, 3.05) is 38.0 Å². The highest BCUT2D eigenvalue weighted by molar-refractivity contribution is 6.02. The molecule has 2 aliphatic heterocycles. The van der Waals surface area contributed by atoms with Gasteiger partial charge in [0, 0.05) is 43.7 Å². The van der Waals surface area contributed by atoms with Gasteiger partial charge in [-0.15, -0.1) is 0 Å². The van der Waals surface area contributed by atoms with Crippen molar-refractivity contribution in [3.63, 3.8) is 0 Å². The lowest BCUT2D eigenvalue weighted by molar-refractivity contribution is -0.152. The van der Waals surface area contributed by atoms with Gasteiger partial charge in [-0.3, -0.25) is 9.59 Å². The van der Waals surface area contributed by atoms with E-state index >= 15 is 0 Å². The number of fused-ring (bicyclic) bond motifs is 3. The monoisotopic (exact) mass is 396 g/mol. The fraction of sp³-hybridized carbons (Fsp3) is 0.652. The van der Waals surface area contributed by atoms with Crippen LogP contribution in [-0.2, 0) is 4.79 Å². The van der Waals surface area contributed by atoms with E-state index in [0.29, 0.717) is 11.5 Å². The molecule has 2 N–H and O–H groups in total. The van der Waals surface area contributed by atoms with Gasteiger partial charge >= 0.3 is 0 Å². The van der Waals surface area contributed by atoms with Crippen LogP contribution < -0.4 is 10.6 Å². The first-order chi connectivity index (χ1) is 13.9. The topological polar surface area (TPSA) is 64.7 Å². The second-order valence-electron chi connectivity index (χ2n) is 9.71. The fourth-order valence-corrected chi connectivity index (χ4v) is 6.33. The van der Waals surface area contributed by atoms with E-state index in [1.165, 1.54) is 0 Å². The number of hydrogen-bond donors (Lipinski definition) is 2. The van der Waals surface area contributed by atoms with Crippen molar-refractivity contribution >= 4 is 17.5 Å². The summed E-state index contributed by atoms with van der Waals surface area (Å²) in [5.74, 6) is 0.697. The number of carbonyl (C=O) groups excluding carboxylic acids is 2. The molecular formula is C23H32N4O2. The first kappa shape index (κ1) is 18.9. The van der Waals surface area contributed by atoms with Crippen LogP contribution in [0, 0.1) is 17.3 Å². The molecule has 2 bridgehead atoms. The van der Waals surface area contributed by atoms with Crippen LogP contribution in [0.1, 0.15) is 49.9 Å². The summed E-state index contributed by atoms with van der Waals surface area (Å²) < 4.78 is 0. The Kier molecular flexibility index (Phi) is 4.39. The molecule has 1 aromatic carbocycles. The highest BCUT2D eigenvalue weighted by atomic mass is 16.2. The average molecular weight is 397 g/mol. The van der Waals surface area contributed by atoms with Crippen LogP contribution in [0.4, 0.5) is 5.69 Å². The van der Waals surface area contributed by atoms with Gasteiger partial charge in [0.2, 0.25) is 5.91 Å². The Morgan fingerprint density at radius 3 is 2.66 bits per heavy atom. The minimum atomic E-state index is -0.421. The van der Waals surface area contributed by atoms with Crippen molar-refractivity contribution in [2.45, 2.75) is 45.2 Å². The third-order valence-electron chi connectivity index (χ3n) is 8.10. The van der Waals surface area contributed by atoms with E-state index in [1.54, 1.807) is 0 Å². The van der Waals surface area contributed by atoms with Crippen molar-refractivity contribution in [3.8, 4) is 0 Å². The van der Waals surface area contributed by atoms with Crippen molar-refractivity contribution in [1.82, 2.24) is 15.1 Å². The molecule has 0 radical (unpaired) electrons. The summed E-state index contributed by atoms with van der Waals surface area (Å²) in [7, 11) is 0. The molecule has 2 amide bonds. The first-order valence-electron chi connectivity index (χ1n) is 11.1. The van der Waals surface area contributed by atoms with Gasteiger partial charge in [0.25, 0.3) is 5.91 Å². The number of benzene rings is 1. The second kappa shape index (κ2) is 6.73. The predicted molar refractivity (Wildman–Crippen MR) is 113 cm³/mol. The Hall–Kier alpha value is -2.08. The summed E-state index contributed by atoms with van der Waals surface area (Å²) in [6.07, 6.45) is 3.79. The normalized spacial score (nSPS) is 36.5. The number of amides is 2. The van der Waals surface area contributed by atoms with Crippen LogP contribution in [-0.4, -0.2) is 60.0 Å². The molecule has 4 fully saturated rings. The van der Waals surface area contributed by atoms with Crippen LogP contribution >= 0.6 is 0 Å². The number of carbonyl (C=O) groups is 2. The summed E-state index contributed by atoms with van der Waals surface area (Å²) in [4.78, 5) is 30.8. The van der Waals surface area contributed by atoms with E-state index in [0.717, 1.165) is 64.1 Å². The summed E-state index contributed by atoms with van der Waals surface area (Å²) in [6, 6.07) is 7.74. The highest BCUT2D eigenvalue weighted by Crippen LogP contribution is 2.58. The minimum absolute atomic E-state index is 0.00839. The molecule has 156 valence electrons. The lowest BCUT2D eigenvalue weighted by atomic mass is 9.51. The van der Waals surface area contributed by atoms with Gasteiger partial charge in [0.05, 0.1) is 5.56 Å². The van der Waals surface area contributed by atoms with Gasteiger partial charge in [0.1, 0.15) is 5.66 Å². The standard InChI is InChI=1S/C23H32N4O2/c1-3-26-10-12-27(13-11-26)21(29)18-14-16-8-9-22(18,2)15-23(16)24-19-7-5-4-6-17(19)20(28)25-23/h4-7,16,18,24H,3,8-15H2,1-2H3,(H,25,28)/t16-,18-,22+,23-/m1/s1. The summed E-state index contributed by atoms with van der Waals surface area (Å²) in [5, 5.41) is 7.00. The molecule has 29 heavy (non-hydrogen) atoms. The van der Waals surface area contributed by atoms with Gasteiger partial charge in [-0.1, -0.05) is 26.0 Å². The van der Waals surface area contributed by atoms with E-state index < -0.39 is 5.66 Å². The summed E-state index contributed by atoms with van der Waals surface area (Å²) in [6.45, 7) is 9.15. The fourth-order valence-electron chi connectivity index (χ4n) is 6.33. The Morgan fingerprint density at radius 2 is 1.93 bits per heavy atom. The van der Waals surface area contributed by atoms with Crippen molar-refractivity contribution in [2.24, 2.45) is 17.3 Å². The van der Waals surface area contributed by atoms with Crippen molar-refractivity contribution in [1.29, 1.82) is 0 Å². The smallest absolute Gasteiger partial charge is 0.255 e. The molecule has 3 saturated carbocycles. The number of nitrogens with zero attached hydrogens (tertiary/aromatic N) is 2. The van der Waals surface area contributed by atoms with Crippen LogP contribution in [0.3, 0.4) is 0 Å². The Balaban J connectivity index is 1.37. The Bertz CT molecular complexity index is 834. The van der Waals surface area contributed by atoms with Gasteiger partial charge < -0.3 is 20.4 Å². The van der Waals surface area contributed by atoms with Gasteiger partial charge in [-0.2, -0.15) is 0 Å². The number of likely N-dealkylation sites (N-methyl/N-ethyl adjacent to an activating group) is 1. The van der Waals surface area contributed by atoms with Crippen LogP contribution in [0.2, 0.25) is 0 Å². The number of para-hydroxylation sites is 1. The minimum Gasteiger partial charge on any atom is -0.362 e. The Labute approximate surface area is 173 Å². The van der Waals surface area contributed by atoms with Gasteiger partial charge in [-0.25, -0.2) is 0 Å². The van der Waals surface area contributed by atoms with E-state index in [4.69, 9.17) is 0 Å². The number of anilines is 1. The molecule has 6 rings (SSSR count). The summed E-state index contributed by atoms with van der Waals surface area (Å²) in [5.41, 5.74) is 1.13. The molecule has 2 heterocycles. The van der Waals surface area contributed by atoms with Gasteiger partial charge in [-0.05, 0) is 49.8 Å². The van der Waals surface area contributed by atoms with Crippen molar-refractivity contribution < 1.29 is 9.59 Å². The zero-order valence-electron chi connectivity index (χ0n) is 17.5. The number of rotatable bonds is 2. The maximum Gasteiger partial charge on any atom is 0.255 e. The molecule has 1 saturated heterocycles. The number of nitrogens with one attached hydrogen (secondary N) is 2. The maximum absolute atomic E-state index is 13.5. The SMILES string of the molecule is CCN1CCN(C(=O)[C@H]2C[C@H]3CC[C@@]2(C)C[C@@]32NC(=O)c3ccccc3N2)CC1. The molecule has 0 aromatic heterocycles. The zero-order valence-corrected chi connectivity index (χ0v) is 17.5. The molecule has 1 spiro atoms. The molecule has 3 aliphatic carbocycles. The molecular weight excluding hydrogens is 364 g/mol. The van der Waals surface area contributed by atoms with E-state index in [9.17, 15) is 9.59 Å². The van der Waals surface area contributed by atoms with Crippen LogP contribution in [0.25, 0.3) is 0 Å². The first-order valence-corrected chi connectivity index (χ1v) is 11.1. The molecule has 4 atom stereocenters. The zero-order chi connectivity index (χ0) is 20.2. The second-order valence-corrected chi connectivity index (χ2v) is 9.71. The largest absolute Gasteiger partial charge is 0.362 e. The van der Waals surface area contributed by atoms with Gasteiger partial charge in [0.15, 0.2) is 0 Å². The third kappa shape index (κ3) is 2.95. The quantitative estimate of drug-likeness (QED) is 0.806. The number of piperazine rings is 1. The lowest BCUT2D eigenvalue weighted by Gasteiger charge is -2.61. The predicted octanol–water partition coefficient (Wildman–Crippen LogP) is 2.53. The molecule has 5 aliphatic rings. The third-order valence-corrected chi connectivity index (χ3v) is 8.10. The average Bonchev–Trinajstić information content (AvgIpc) is 2.73. The Morgan fingerprint density at radius 1 is 1.17 bits per heavy atom.